The predicted molar refractivity (Wildman–Crippen MR) is 41.2 cm³/mol. The van der Waals surface area contributed by atoms with E-state index in [2.05, 4.69) is 5.32 Å². The molecule has 1 aliphatic heterocycles. The van der Waals surface area contributed by atoms with Crippen molar-refractivity contribution in [1.29, 1.82) is 0 Å². The Hall–Kier alpha value is -0.180. The Balaban J connectivity index is 1.93. The lowest BCUT2D eigenvalue weighted by Crippen LogP contribution is -2.35. The van der Waals surface area contributed by atoms with Crippen LogP contribution in [0, 0.1) is 10.8 Å². The van der Waals surface area contributed by atoms with Gasteiger partial charge in [-0.15, -0.1) is 0 Å². The van der Waals surface area contributed by atoms with Crippen LogP contribution in [-0.4, -0.2) is 19.0 Å². The first-order chi connectivity index (χ1) is 5.66. The maximum absolute atomic E-state index is 13.5. The predicted octanol–water partition coefficient (Wildman–Crippen LogP) is 1.79. The van der Waals surface area contributed by atoms with E-state index in [4.69, 9.17) is 0 Å². The molecule has 3 aliphatic rings. The molecule has 1 nitrogen and oxygen atoms in total. The second kappa shape index (κ2) is 1.69. The maximum Gasteiger partial charge on any atom is 0.261 e. The SMILES string of the molecule is FC1(F)C2(CC2)[C@]12CCCNC2. The van der Waals surface area contributed by atoms with Gasteiger partial charge in [0.15, 0.2) is 0 Å². The summed E-state index contributed by atoms with van der Waals surface area (Å²) in [6.07, 6.45) is 3.20. The van der Waals surface area contributed by atoms with Gasteiger partial charge < -0.3 is 5.32 Å². The van der Waals surface area contributed by atoms with E-state index in [9.17, 15) is 8.78 Å². The number of fused-ring (bicyclic) bond motifs is 1. The van der Waals surface area contributed by atoms with Crippen molar-refractivity contribution in [2.75, 3.05) is 13.1 Å². The van der Waals surface area contributed by atoms with Crippen molar-refractivity contribution in [2.24, 2.45) is 10.8 Å². The van der Waals surface area contributed by atoms with E-state index in [0.29, 0.717) is 6.54 Å². The van der Waals surface area contributed by atoms with Crippen molar-refractivity contribution in [1.82, 2.24) is 5.32 Å². The summed E-state index contributed by atoms with van der Waals surface area (Å²) >= 11 is 0. The summed E-state index contributed by atoms with van der Waals surface area (Å²) < 4.78 is 26.9. The molecule has 2 saturated carbocycles. The number of alkyl halides is 2. The summed E-state index contributed by atoms with van der Waals surface area (Å²) in [7, 11) is 0. The molecule has 1 heterocycles. The molecule has 0 aromatic heterocycles. The van der Waals surface area contributed by atoms with Gasteiger partial charge in [-0.05, 0) is 32.2 Å². The van der Waals surface area contributed by atoms with Crippen LogP contribution in [0.1, 0.15) is 25.7 Å². The number of nitrogens with one attached hydrogen (secondary N) is 1. The smallest absolute Gasteiger partial charge is 0.261 e. The van der Waals surface area contributed by atoms with Gasteiger partial charge in [0.1, 0.15) is 0 Å². The summed E-state index contributed by atoms with van der Waals surface area (Å²) in [5.41, 5.74) is -1.15. The van der Waals surface area contributed by atoms with Gasteiger partial charge in [0, 0.05) is 12.0 Å². The fourth-order valence-corrected chi connectivity index (χ4v) is 3.24. The van der Waals surface area contributed by atoms with Crippen molar-refractivity contribution in [3.63, 3.8) is 0 Å². The quantitative estimate of drug-likeness (QED) is 0.589. The van der Waals surface area contributed by atoms with Gasteiger partial charge in [-0.1, -0.05) is 0 Å². The zero-order valence-corrected chi connectivity index (χ0v) is 7.00. The molecule has 68 valence electrons. The lowest BCUT2D eigenvalue weighted by Gasteiger charge is -2.22. The molecule has 3 heteroatoms. The summed E-state index contributed by atoms with van der Waals surface area (Å²) in [5, 5.41) is 3.11. The van der Waals surface area contributed by atoms with Crippen molar-refractivity contribution >= 4 is 0 Å². The Morgan fingerprint density at radius 1 is 1.00 bits per heavy atom. The lowest BCUT2D eigenvalue weighted by atomic mass is 9.92. The first-order valence-electron chi connectivity index (χ1n) is 4.75. The van der Waals surface area contributed by atoms with Gasteiger partial charge in [0.25, 0.3) is 5.92 Å². The summed E-state index contributed by atoms with van der Waals surface area (Å²) in [4.78, 5) is 0. The van der Waals surface area contributed by atoms with Crippen molar-refractivity contribution in [3.8, 4) is 0 Å². The fourth-order valence-electron chi connectivity index (χ4n) is 3.24. The molecule has 0 radical (unpaired) electrons. The molecule has 0 bridgehead atoms. The molecular weight excluding hydrogens is 160 g/mol. The number of hydrogen-bond donors (Lipinski definition) is 1. The molecule has 2 spiro atoms. The Bertz CT molecular complexity index is 221. The highest BCUT2D eigenvalue weighted by atomic mass is 19.3. The van der Waals surface area contributed by atoms with E-state index < -0.39 is 16.8 Å². The molecule has 1 atom stereocenters. The second-order valence-corrected chi connectivity index (χ2v) is 4.52. The zero-order chi connectivity index (χ0) is 8.45. The highest BCUT2D eigenvalue weighted by Crippen LogP contribution is 2.88. The van der Waals surface area contributed by atoms with E-state index in [1.807, 2.05) is 0 Å². The van der Waals surface area contributed by atoms with E-state index in [-0.39, 0.29) is 0 Å². The van der Waals surface area contributed by atoms with Crippen LogP contribution in [0.2, 0.25) is 0 Å². The van der Waals surface area contributed by atoms with E-state index in [1.54, 1.807) is 0 Å². The number of halogens is 2. The van der Waals surface area contributed by atoms with Gasteiger partial charge in [0.05, 0.1) is 5.41 Å². The van der Waals surface area contributed by atoms with Gasteiger partial charge in [-0.2, -0.15) is 0 Å². The minimum absolute atomic E-state index is 0.534. The molecule has 12 heavy (non-hydrogen) atoms. The molecule has 1 saturated heterocycles. The molecule has 3 rings (SSSR count). The summed E-state index contributed by atoms with van der Waals surface area (Å²) in [6, 6.07) is 0. The van der Waals surface area contributed by atoms with Crippen LogP contribution < -0.4 is 5.32 Å². The highest BCUT2D eigenvalue weighted by Gasteiger charge is 2.94. The summed E-state index contributed by atoms with van der Waals surface area (Å²) in [5.74, 6) is -2.34. The van der Waals surface area contributed by atoms with Crippen LogP contribution in [0.25, 0.3) is 0 Å². The first-order valence-corrected chi connectivity index (χ1v) is 4.75. The third kappa shape index (κ3) is 0.482. The Kier molecular flexibility index (Phi) is 1.02. The van der Waals surface area contributed by atoms with Crippen molar-refractivity contribution in [3.05, 3.63) is 0 Å². The molecular formula is C9H13F2N. The number of piperidine rings is 1. The lowest BCUT2D eigenvalue weighted by molar-refractivity contribution is 0.0467. The molecule has 0 unspecified atom stereocenters. The van der Waals surface area contributed by atoms with Gasteiger partial charge in [-0.25, -0.2) is 8.78 Å². The Morgan fingerprint density at radius 2 is 1.75 bits per heavy atom. The van der Waals surface area contributed by atoms with Crippen molar-refractivity contribution in [2.45, 2.75) is 31.6 Å². The van der Waals surface area contributed by atoms with Crippen LogP contribution in [0.4, 0.5) is 8.78 Å². The van der Waals surface area contributed by atoms with Crippen LogP contribution >= 0.6 is 0 Å². The standard InChI is InChI=1S/C9H13F2N/c10-9(11)7(3-4-7)8(9)2-1-5-12-6-8/h12H,1-6H2/t8-/m1/s1. The molecule has 0 aromatic rings. The van der Waals surface area contributed by atoms with Crippen LogP contribution in [0.5, 0.6) is 0 Å². The summed E-state index contributed by atoms with van der Waals surface area (Å²) in [6.45, 7) is 1.48. The second-order valence-electron chi connectivity index (χ2n) is 4.52. The van der Waals surface area contributed by atoms with Gasteiger partial charge >= 0.3 is 0 Å². The first kappa shape index (κ1) is 7.25. The van der Waals surface area contributed by atoms with Crippen LogP contribution in [0.15, 0.2) is 0 Å². The zero-order valence-electron chi connectivity index (χ0n) is 7.00. The normalized spacial score (nSPS) is 46.5. The molecule has 1 N–H and O–H groups in total. The Labute approximate surface area is 70.5 Å². The van der Waals surface area contributed by atoms with Crippen LogP contribution in [-0.2, 0) is 0 Å². The number of hydrogen-bond acceptors (Lipinski definition) is 1. The Morgan fingerprint density at radius 3 is 2.17 bits per heavy atom. The highest BCUT2D eigenvalue weighted by molar-refractivity contribution is 5.35. The third-order valence-electron chi connectivity index (χ3n) is 4.19. The maximum atomic E-state index is 13.5. The largest absolute Gasteiger partial charge is 0.316 e. The monoisotopic (exact) mass is 173 g/mol. The third-order valence-corrected chi connectivity index (χ3v) is 4.19. The van der Waals surface area contributed by atoms with Crippen molar-refractivity contribution < 1.29 is 8.78 Å². The minimum atomic E-state index is -2.34. The number of rotatable bonds is 0. The molecule has 2 aliphatic carbocycles. The van der Waals surface area contributed by atoms with Crippen LogP contribution in [0.3, 0.4) is 0 Å². The minimum Gasteiger partial charge on any atom is -0.316 e. The average molecular weight is 173 g/mol. The average Bonchev–Trinajstić information content (AvgIpc) is 2.91. The van der Waals surface area contributed by atoms with Gasteiger partial charge in [0.2, 0.25) is 0 Å². The fraction of sp³-hybridized carbons (Fsp3) is 1.00. The van der Waals surface area contributed by atoms with Gasteiger partial charge in [-0.3, -0.25) is 0 Å². The van der Waals surface area contributed by atoms with E-state index >= 15 is 0 Å². The topological polar surface area (TPSA) is 12.0 Å². The molecule has 3 fully saturated rings. The van der Waals surface area contributed by atoms with E-state index in [1.165, 1.54) is 0 Å². The molecule has 0 aromatic carbocycles. The van der Waals surface area contributed by atoms with E-state index in [0.717, 1.165) is 32.2 Å². The molecule has 0 amide bonds.